The Morgan fingerprint density at radius 1 is 1.21 bits per heavy atom. The Kier molecular flexibility index (Phi) is 3.85. The first-order valence-electron chi connectivity index (χ1n) is 6.75. The summed E-state index contributed by atoms with van der Waals surface area (Å²) in [6, 6.07) is 13.5. The van der Waals surface area contributed by atoms with E-state index in [0.29, 0.717) is 12.0 Å². The standard InChI is InChI=1S/C16H19NOS/c1-18-15-6-4-12(5-7-15)13-9-14(10-13)17-11-16-3-2-8-19-16/h2-8,13-14,17H,9-11H2,1H3. The van der Waals surface area contributed by atoms with Crippen LogP contribution in [0.25, 0.3) is 0 Å². The van der Waals surface area contributed by atoms with Gasteiger partial charge in [0, 0.05) is 17.5 Å². The second-order valence-corrected chi connectivity index (χ2v) is 6.13. The van der Waals surface area contributed by atoms with E-state index in [9.17, 15) is 0 Å². The van der Waals surface area contributed by atoms with Crippen LogP contribution in [0.2, 0.25) is 0 Å². The van der Waals surface area contributed by atoms with Crippen LogP contribution in [0.1, 0.15) is 29.2 Å². The molecule has 1 aromatic carbocycles. The smallest absolute Gasteiger partial charge is 0.118 e. The van der Waals surface area contributed by atoms with Crippen LogP contribution in [0.15, 0.2) is 41.8 Å². The molecule has 1 N–H and O–H groups in total. The van der Waals surface area contributed by atoms with Gasteiger partial charge in [0.25, 0.3) is 0 Å². The van der Waals surface area contributed by atoms with Crippen LogP contribution in [0, 0.1) is 0 Å². The maximum atomic E-state index is 5.19. The number of benzene rings is 1. The molecule has 19 heavy (non-hydrogen) atoms. The van der Waals surface area contributed by atoms with E-state index in [4.69, 9.17) is 4.74 Å². The van der Waals surface area contributed by atoms with Crippen molar-refractivity contribution in [3.8, 4) is 5.75 Å². The Morgan fingerprint density at radius 3 is 2.63 bits per heavy atom. The van der Waals surface area contributed by atoms with E-state index in [-0.39, 0.29) is 0 Å². The monoisotopic (exact) mass is 273 g/mol. The van der Waals surface area contributed by atoms with Crippen LogP contribution < -0.4 is 10.1 Å². The van der Waals surface area contributed by atoms with E-state index in [1.165, 1.54) is 23.3 Å². The zero-order valence-corrected chi connectivity index (χ0v) is 12.0. The summed E-state index contributed by atoms with van der Waals surface area (Å²) < 4.78 is 5.19. The number of hydrogen-bond acceptors (Lipinski definition) is 3. The number of nitrogens with one attached hydrogen (secondary N) is 1. The van der Waals surface area contributed by atoms with Crippen molar-refractivity contribution in [3.05, 3.63) is 52.2 Å². The molecule has 0 aliphatic heterocycles. The fourth-order valence-corrected chi connectivity index (χ4v) is 3.25. The largest absolute Gasteiger partial charge is 0.497 e. The Labute approximate surface area is 118 Å². The summed E-state index contributed by atoms with van der Waals surface area (Å²) in [4.78, 5) is 1.42. The molecular formula is C16H19NOS. The third-order valence-electron chi connectivity index (χ3n) is 3.87. The second-order valence-electron chi connectivity index (χ2n) is 5.10. The van der Waals surface area contributed by atoms with Gasteiger partial charge in [0.05, 0.1) is 7.11 Å². The Balaban J connectivity index is 1.46. The fourth-order valence-electron chi connectivity index (χ4n) is 2.59. The number of hydrogen-bond donors (Lipinski definition) is 1. The van der Waals surface area contributed by atoms with Gasteiger partial charge in [-0.25, -0.2) is 0 Å². The average Bonchev–Trinajstić information content (AvgIpc) is 2.91. The Bertz CT molecular complexity index is 500. The van der Waals surface area contributed by atoms with E-state index in [1.807, 2.05) is 11.3 Å². The molecule has 2 nitrogen and oxygen atoms in total. The predicted octanol–water partition coefficient (Wildman–Crippen LogP) is 3.79. The highest BCUT2D eigenvalue weighted by Crippen LogP contribution is 2.37. The van der Waals surface area contributed by atoms with Crippen LogP contribution in [-0.4, -0.2) is 13.2 Å². The van der Waals surface area contributed by atoms with Crippen LogP contribution >= 0.6 is 11.3 Å². The van der Waals surface area contributed by atoms with Crippen molar-refractivity contribution < 1.29 is 4.74 Å². The van der Waals surface area contributed by atoms with Gasteiger partial charge in [0.2, 0.25) is 0 Å². The SMILES string of the molecule is COc1ccc(C2CC(NCc3cccs3)C2)cc1. The van der Waals surface area contributed by atoms with E-state index >= 15 is 0 Å². The summed E-state index contributed by atoms with van der Waals surface area (Å²) in [7, 11) is 1.71. The number of methoxy groups -OCH3 is 1. The van der Waals surface area contributed by atoms with Gasteiger partial charge in [-0.1, -0.05) is 18.2 Å². The lowest BCUT2D eigenvalue weighted by Crippen LogP contribution is -2.39. The molecule has 1 saturated carbocycles. The maximum Gasteiger partial charge on any atom is 0.118 e. The molecule has 0 amide bonds. The second kappa shape index (κ2) is 5.76. The van der Waals surface area contributed by atoms with Crippen molar-refractivity contribution in [1.82, 2.24) is 5.32 Å². The summed E-state index contributed by atoms with van der Waals surface area (Å²) in [6.45, 7) is 1.01. The van der Waals surface area contributed by atoms with Crippen LogP contribution in [0.5, 0.6) is 5.75 Å². The number of thiophene rings is 1. The third-order valence-corrected chi connectivity index (χ3v) is 4.75. The number of ether oxygens (including phenoxy) is 1. The summed E-state index contributed by atoms with van der Waals surface area (Å²) in [5.74, 6) is 1.65. The lowest BCUT2D eigenvalue weighted by atomic mass is 9.76. The van der Waals surface area contributed by atoms with E-state index in [1.54, 1.807) is 7.11 Å². The highest BCUT2D eigenvalue weighted by Gasteiger charge is 2.29. The summed E-state index contributed by atoms with van der Waals surface area (Å²) in [5, 5.41) is 5.77. The van der Waals surface area contributed by atoms with Gasteiger partial charge in [0.15, 0.2) is 0 Å². The molecule has 0 bridgehead atoms. The van der Waals surface area contributed by atoms with Crippen molar-refractivity contribution >= 4 is 11.3 Å². The molecule has 0 atom stereocenters. The quantitative estimate of drug-likeness (QED) is 0.895. The van der Waals surface area contributed by atoms with Crippen LogP contribution in [0.3, 0.4) is 0 Å². The van der Waals surface area contributed by atoms with Gasteiger partial charge in [-0.05, 0) is 47.9 Å². The summed E-state index contributed by atoms with van der Waals surface area (Å²) in [6.07, 6.45) is 2.50. The van der Waals surface area contributed by atoms with Gasteiger partial charge in [0.1, 0.15) is 5.75 Å². The molecular weight excluding hydrogens is 254 g/mol. The molecule has 2 aromatic rings. The molecule has 1 aromatic heterocycles. The summed E-state index contributed by atoms with van der Waals surface area (Å²) in [5.41, 5.74) is 1.44. The summed E-state index contributed by atoms with van der Waals surface area (Å²) >= 11 is 1.82. The molecule has 3 rings (SSSR count). The lowest BCUT2D eigenvalue weighted by Gasteiger charge is -2.36. The first-order valence-corrected chi connectivity index (χ1v) is 7.63. The molecule has 0 saturated heterocycles. The zero-order valence-electron chi connectivity index (χ0n) is 11.1. The molecule has 100 valence electrons. The van der Waals surface area contributed by atoms with Crippen molar-refractivity contribution in [1.29, 1.82) is 0 Å². The zero-order chi connectivity index (χ0) is 13.1. The van der Waals surface area contributed by atoms with Crippen LogP contribution in [0.4, 0.5) is 0 Å². The van der Waals surface area contributed by atoms with Crippen molar-refractivity contribution in [3.63, 3.8) is 0 Å². The third kappa shape index (κ3) is 2.99. The van der Waals surface area contributed by atoms with Gasteiger partial charge < -0.3 is 10.1 Å². The van der Waals surface area contributed by atoms with Crippen molar-refractivity contribution in [2.24, 2.45) is 0 Å². The first-order chi connectivity index (χ1) is 9.35. The number of rotatable bonds is 5. The van der Waals surface area contributed by atoms with Gasteiger partial charge in [-0.15, -0.1) is 11.3 Å². The minimum atomic E-state index is 0.675. The molecule has 1 heterocycles. The molecule has 0 unspecified atom stereocenters. The van der Waals surface area contributed by atoms with E-state index in [0.717, 1.165) is 12.3 Å². The van der Waals surface area contributed by atoms with Crippen LogP contribution in [-0.2, 0) is 6.54 Å². The highest BCUT2D eigenvalue weighted by atomic mass is 32.1. The van der Waals surface area contributed by atoms with Gasteiger partial charge in [-0.2, -0.15) is 0 Å². The molecule has 0 radical (unpaired) electrons. The maximum absolute atomic E-state index is 5.19. The average molecular weight is 273 g/mol. The Hall–Kier alpha value is -1.32. The molecule has 1 aliphatic carbocycles. The topological polar surface area (TPSA) is 21.3 Å². The first kappa shape index (κ1) is 12.7. The van der Waals surface area contributed by atoms with E-state index < -0.39 is 0 Å². The van der Waals surface area contributed by atoms with Gasteiger partial charge in [-0.3, -0.25) is 0 Å². The lowest BCUT2D eigenvalue weighted by molar-refractivity contribution is 0.290. The normalized spacial score (nSPS) is 21.9. The highest BCUT2D eigenvalue weighted by molar-refractivity contribution is 7.09. The molecule has 1 aliphatic rings. The molecule has 1 fully saturated rings. The Morgan fingerprint density at radius 2 is 2.00 bits per heavy atom. The predicted molar refractivity (Wildman–Crippen MR) is 79.9 cm³/mol. The fraction of sp³-hybridized carbons (Fsp3) is 0.375. The minimum Gasteiger partial charge on any atom is -0.497 e. The van der Waals surface area contributed by atoms with Crippen molar-refractivity contribution in [2.75, 3.05) is 7.11 Å². The molecule has 3 heteroatoms. The van der Waals surface area contributed by atoms with Crippen molar-refractivity contribution in [2.45, 2.75) is 31.3 Å². The van der Waals surface area contributed by atoms with E-state index in [2.05, 4.69) is 47.1 Å². The minimum absolute atomic E-state index is 0.675. The molecule has 0 spiro atoms. The van der Waals surface area contributed by atoms with Gasteiger partial charge >= 0.3 is 0 Å².